The third-order valence-corrected chi connectivity index (χ3v) is 2.86. The molecule has 1 atom stereocenters. The van der Waals surface area contributed by atoms with Crippen molar-refractivity contribution in [1.29, 1.82) is 0 Å². The lowest BCUT2D eigenvalue weighted by Crippen LogP contribution is -2.41. The van der Waals surface area contributed by atoms with Gasteiger partial charge in [-0.25, -0.2) is 4.79 Å². The Labute approximate surface area is 117 Å². The van der Waals surface area contributed by atoms with E-state index in [0.717, 1.165) is 0 Å². The van der Waals surface area contributed by atoms with Crippen molar-refractivity contribution in [1.82, 2.24) is 10.3 Å². The van der Waals surface area contributed by atoms with Crippen LogP contribution in [0.15, 0.2) is 12.3 Å². The average molecular weight is 285 g/mol. The molecular weight excluding hydrogens is 268 g/mol. The van der Waals surface area contributed by atoms with Crippen LogP contribution in [0.5, 0.6) is 0 Å². The third-order valence-electron chi connectivity index (χ3n) is 2.55. The van der Waals surface area contributed by atoms with Gasteiger partial charge in [0.05, 0.1) is 10.6 Å². The number of halogens is 1. The van der Waals surface area contributed by atoms with E-state index in [1.54, 1.807) is 13.0 Å². The highest BCUT2D eigenvalue weighted by Crippen LogP contribution is 2.16. The normalized spacial score (nSPS) is 12.3. The van der Waals surface area contributed by atoms with Crippen molar-refractivity contribution in [3.63, 3.8) is 0 Å². The van der Waals surface area contributed by atoms with Crippen molar-refractivity contribution >= 4 is 23.5 Å². The topological polar surface area (TPSA) is 79.3 Å². The molecule has 0 unspecified atom stereocenters. The molecule has 0 aliphatic carbocycles. The Balaban J connectivity index is 2.84. The zero-order valence-electron chi connectivity index (χ0n) is 11.1. The van der Waals surface area contributed by atoms with E-state index in [9.17, 15) is 9.59 Å². The molecular formula is C13H17ClN2O3. The van der Waals surface area contributed by atoms with Crippen LogP contribution >= 0.6 is 11.6 Å². The molecule has 1 heterocycles. The molecule has 2 N–H and O–H groups in total. The predicted molar refractivity (Wildman–Crippen MR) is 72.3 cm³/mol. The van der Waals surface area contributed by atoms with Gasteiger partial charge in [0.25, 0.3) is 5.91 Å². The Morgan fingerprint density at radius 3 is 2.58 bits per heavy atom. The molecule has 0 aliphatic rings. The Kier molecular flexibility index (Phi) is 5.30. The van der Waals surface area contributed by atoms with Gasteiger partial charge in [0.15, 0.2) is 0 Å². The van der Waals surface area contributed by atoms with E-state index in [1.807, 2.05) is 13.8 Å². The molecule has 0 bridgehead atoms. The summed E-state index contributed by atoms with van der Waals surface area (Å²) in [6.07, 6.45) is 1.71. The Morgan fingerprint density at radius 1 is 1.47 bits per heavy atom. The molecule has 0 fully saturated rings. The number of pyridine rings is 1. The van der Waals surface area contributed by atoms with Gasteiger partial charge in [-0.05, 0) is 25.3 Å². The van der Waals surface area contributed by atoms with E-state index < -0.39 is 17.9 Å². The highest BCUT2D eigenvalue weighted by atomic mass is 35.5. The Morgan fingerprint density at radius 2 is 2.11 bits per heavy atom. The number of rotatable bonds is 5. The van der Waals surface area contributed by atoms with Gasteiger partial charge in [-0.2, -0.15) is 0 Å². The fourth-order valence-corrected chi connectivity index (χ4v) is 1.91. The minimum atomic E-state index is -1.06. The lowest BCUT2D eigenvalue weighted by molar-refractivity contribution is -0.139. The highest BCUT2D eigenvalue weighted by Gasteiger charge is 2.22. The summed E-state index contributed by atoms with van der Waals surface area (Å²) < 4.78 is 0. The first kappa shape index (κ1) is 15.4. The molecule has 19 heavy (non-hydrogen) atoms. The third kappa shape index (κ3) is 4.52. The van der Waals surface area contributed by atoms with E-state index in [2.05, 4.69) is 10.3 Å². The van der Waals surface area contributed by atoms with Crippen molar-refractivity contribution in [2.75, 3.05) is 0 Å². The maximum absolute atomic E-state index is 12.0. The van der Waals surface area contributed by atoms with Crippen molar-refractivity contribution < 1.29 is 14.7 Å². The molecule has 0 saturated carbocycles. The standard InChI is InChI=1S/C13H17ClN2O3/c1-7(2)4-11(13(18)19)16-12(17)9-6-15-8(3)5-10(9)14/h5-7,11H,4H2,1-3H3,(H,16,17)(H,18,19)/t11-/m0/s1. The molecule has 1 aromatic rings. The van der Waals surface area contributed by atoms with Crippen molar-refractivity contribution in [3.05, 3.63) is 28.5 Å². The molecule has 6 heteroatoms. The first-order chi connectivity index (χ1) is 8.81. The fraction of sp³-hybridized carbons (Fsp3) is 0.462. The highest BCUT2D eigenvalue weighted by molar-refractivity contribution is 6.33. The number of carbonyl (C=O) groups excluding carboxylic acids is 1. The average Bonchev–Trinajstić information content (AvgIpc) is 2.26. The van der Waals surface area contributed by atoms with Gasteiger partial charge in [0.1, 0.15) is 6.04 Å². The maximum atomic E-state index is 12.0. The summed E-state index contributed by atoms with van der Waals surface area (Å²) in [6, 6.07) is 0.638. The van der Waals surface area contributed by atoms with Gasteiger partial charge < -0.3 is 10.4 Å². The fourth-order valence-electron chi connectivity index (χ4n) is 1.62. The van der Waals surface area contributed by atoms with E-state index in [1.165, 1.54) is 6.20 Å². The molecule has 0 spiro atoms. The second kappa shape index (κ2) is 6.52. The molecule has 0 aliphatic heterocycles. The molecule has 1 amide bonds. The predicted octanol–water partition coefficient (Wildman–Crippen LogP) is 2.27. The number of carboxylic acid groups (broad SMARTS) is 1. The number of aliphatic carboxylic acids is 1. The smallest absolute Gasteiger partial charge is 0.326 e. The number of hydrogen-bond acceptors (Lipinski definition) is 3. The van der Waals surface area contributed by atoms with E-state index in [0.29, 0.717) is 12.1 Å². The zero-order chi connectivity index (χ0) is 14.6. The summed E-state index contributed by atoms with van der Waals surface area (Å²) in [7, 11) is 0. The van der Waals surface area contributed by atoms with Gasteiger partial charge in [-0.15, -0.1) is 0 Å². The molecule has 0 saturated heterocycles. The van der Waals surface area contributed by atoms with Crippen molar-refractivity contribution in [2.24, 2.45) is 5.92 Å². The number of nitrogens with zero attached hydrogens (tertiary/aromatic N) is 1. The Hall–Kier alpha value is -1.62. The number of hydrogen-bond donors (Lipinski definition) is 2. The number of amides is 1. The zero-order valence-corrected chi connectivity index (χ0v) is 11.9. The van der Waals surface area contributed by atoms with E-state index in [-0.39, 0.29) is 16.5 Å². The van der Waals surface area contributed by atoms with Crippen LogP contribution in [-0.2, 0) is 4.79 Å². The van der Waals surface area contributed by atoms with E-state index in [4.69, 9.17) is 16.7 Å². The first-order valence-electron chi connectivity index (χ1n) is 5.97. The summed E-state index contributed by atoms with van der Waals surface area (Å²) in [5.74, 6) is -1.42. The SMILES string of the molecule is Cc1cc(Cl)c(C(=O)N[C@@H](CC(C)C)C(=O)O)cn1. The van der Waals surface area contributed by atoms with Crippen LogP contribution in [-0.4, -0.2) is 28.0 Å². The summed E-state index contributed by atoms with van der Waals surface area (Å²) >= 11 is 5.94. The number of carboxylic acids is 1. The monoisotopic (exact) mass is 284 g/mol. The summed E-state index contributed by atoms with van der Waals surface area (Å²) in [5.41, 5.74) is 0.876. The van der Waals surface area contributed by atoms with Gasteiger partial charge in [0.2, 0.25) is 0 Å². The van der Waals surface area contributed by atoms with Crippen LogP contribution in [0.1, 0.15) is 36.3 Å². The summed E-state index contributed by atoms with van der Waals surface area (Å²) in [5, 5.41) is 11.8. The van der Waals surface area contributed by atoms with Crippen molar-refractivity contribution in [3.8, 4) is 0 Å². The van der Waals surface area contributed by atoms with Crippen LogP contribution in [0.2, 0.25) is 5.02 Å². The van der Waals surface area contributed by atoms with Crippen LogP contribution in [0.25, 0.3) is 0 Å². The first-order valence-corrected chi connectivity index (χ1v) is 6.35. The number of nitrogens with one attached hydrogen (secondary N) is 1. The summed E-state index contributed by atoms with van der Waals surface area (Å²) in [4.78, 5) is 27.0. The molecule has 1 rings (SSSR count). The van der Waals surface area contributed by atoms with Crippen molar-refractivity contribution in [2.45, 2.75) is 33.2 Å². The van der Waals surface area contributed by atoms with Gasteiger partial charge in [-0.3, -0.25) is 9.78 Å². The summed E-state index contributed by atoms with van der Waals surface area (Å²) in [6.45, 7) is 5.54. The van der Waals surface area contributed by atoms with Gasteiger partial charge in [-0.1, -0.05) is 25.4 Å². The Bertz CT molecular complexity index is 489. The number of aryl methyl sites for hydroxylation is 1. The minimum Gasteiger partial charge on any atom is -0.480 e. The maximum Gasteiger partial charge on any atom is 0.326 e. The number of carbonyl (C=O) groups is 2. The van der Waals surface area contributed by atoms with Gasteiger partial charge in [0, 0.05) is 11.9 Å². The minimum absolute atomic E-state index is 0.160. The van der Waals surface area contributed by atoms with Crippen LogP contribution in [0.4, 0.5) is 0 Å². The lowest BCUT2D eigenvalue weighted by atomic mass is 10.0. The molecule has 104 valence electrons. The molecule has 0 radical (unpaired) electrons. The van der Waals surface area contributed by atoms with Crippen LogP contribution in [0.3, 0.4) is 0 Å². The molecule has 1 aromatic heterocycles. The molecule has 5 nitrogen and oxygen atoms in total. The second-order valence-electron chi connectivity index (χ2n) is 4.80. The second-order valence-corrected chi connectivity index (χ2v) is 5.21. The van der Waals surface area contributed by atoms with E-state index >= 15 is 0 Å². The van der Waals surface area contributed by atoms with Crippen LogP contribution in [0, 0.1) is 12.8 Å². The largest absolute Gasteiger partial charge is 0.480 e. The van der Waals surface area contributed by atoms with Gasteiger partial charge >= 0.3 is 5.97 Å². The van der Waals surface area contributed by atoms with Crippen LogP contribution < -0.4 is 5.32 Å². The quantitative estimate of drug-likeness (QED) is 0.869. The molecule has 0 aromatic carbocycles. The lowest BCUT2D eigenvalue weighted by Gasteiger charge is -2.16. The number of aromatic nitrogens is 1.